The molecular weight excluding hydrogens is 258 g/mol. The highest BCUT2D eigenvalue weighted by atomic mass is 16.6. The molecule has 0 bridgehead atoms. The summed E-state index contributed by atoms with van der Waals surface area (Å²) in [6, 6.07) is 0. The lowest BCUT2D eigenvalue weighted by molar-refractivity contribution is -0.858. The molecule has 1 N–H and O–H groups in total. The second-order valence-corrected chi connectivity index (χ2v) is 5.70. The summed E-state index contributed by atoms with van der Waals surface area (Å²) in [5, 5.41) is 0. The fraction of sp³-hybridized carbons (Fsp3) is 0.867. The van der Waals surface area contributed by atoms with Gasteiger partial charge >= 0.3 is 11.9 Å². The lowest BCUT2D eigenvalue weighted by Gasteiger charge is -2.19. The number of esters is 2. The van der Waals surface area contributed by atoms with E-state index in [4.69, 9.17) is 9.47 Å². The Labute approximate surface area is 122 Å². The normalized spacial score (nSPS) is 12.6. The highest BCUT2D eigenvalue weighted by Crippen LogP contribution is 2.09. The molecule has 0 unspecified atom stereocenters. The number of nitrogens with one attached hydrogen (secondary N) is 1. The molecule has 0 aliphatic rings. The van der Waals surface area contributed by atoms with Gasteiger partial charge in [0, 0.05) is 12.8 Å². The Morgan fingerprint density at radius 1 is 1.10 bits per heavy atom. The van der Waals surface area contributed by atoms with Gasteiger partial charge in [-0.1, -0.05) is 13.3 Å². The SMILES string of the molecule is CCCCC(=O)O[C@@H](CC[NH+](C)C)CC(=O)OC(C)C. The Kier molecular flexibility index (Phi) is 10.1. The van der Waals surface area contributed by atoms with E-state index in [-0.39, 0.29) is 30.6 Å². The van der Waals surface area contributed by atoms with Crippen LogP contribution in [0.5, 0.6) is 0 Å². The molecule has 0 aromatic carbocycles. The van der Waals surface area contributed by atoms with Gasteiger partial charge in [-0.05, 0) is 20.3 Å². The van der Waals surface area contributed by atoms with Crippen molar-refractivity contribution >= 4 is 11.9 Å². The van der Waals surface area contributed by atoms with Crippen molar-refractivity contribution in [2.45, 2.75) is 65.1 Å². The summed E-state index contributed by atoms with van der Waals surface area (Å²) in [4.78, 5) is 24.6. The van der Waals surface area contributed by atoms with E-state index in [1.165, 1.54) is 4.90 Å². The van der Waals surface area contributed by atoms with Gasteiger partial charge in [0.25, 0.3) is 0 Å². The zero-order valence-electron chi connectivity index (χ0n) is 13.5. The minimum Gasteiger partial charge on any atom is -0.463 e. The van der Waals surface area contributed by atoms with Gasteiger partial charge in [0.1, 0.15) is 6.10 Å². The Bertz CT molecular complexity index is 290. The molecule has 0 fully saturated rings. The van der Waals surface area contributed by atoms with E-state index < -0.39 is 0 Å². The van der Waals surface area contributed by atoms with Crippen LogP contribution in [0.2, 0.25) is 0 Å². The number of quaternary nitrogens is 1. The van der Waals surface area contributed by atoms with Crippen LogP contribution in [0.1, 0.15) is 52.9 Å². The summed E-state index contributed by atoms with van der Waals surface area (Å²) in [6.07, 6.45) is 2.49. The number of carbonyl (C=O) groups excluding carboxylic acids is 2. The number of unbranched alkanes of at least 4 members (excludes halogenated alkanes) is 1. The van der Waals surface area contributed by atoms with Crippen LogP contribution in [0.25, 0.3) is 0 Å². The predicted molar refractivity (Wildman–Crippen MR) is 77.5 cm³/mol. The van der Waals surface area contributed by atoms with Crippen molar-refractivity contribution in [3.05, 3.63) is 0 Å². The number of carbonyl (C=O) groups is 2. The second kappa shape index (κ2) is 10.7. The Balaban J connectivity index is 4.32. The third-order valence-corrected chi connectivity index (χ3v) is 2.76. The van der Waals surface area contributed by atoms with E-state index in [0.717, 1.165) is 19.4 Å². The van der Waals surface area contributed by atoms with Gasteiger partial charge in [-0.15, -0.1) is 0 Å². The Hall–Kier alpha value is -1.10. The minimum atomic E-state index is -0.375. The van der Waals surface area contributed by atoms with Gasteiger partial charge in [-0.25, -0.2) is 0 Å². The average molecular weight is 288 g/mol. The summed E-state index contributed by atoms with van der Waals surface area (Å²) in [5.74, 6) is -0.523. The van der Waals surface area contributed by atoms with E-state index in [1.54, 1.807) is 0 Å². The summed E-state index contributed by atoms with van der Waals surface area (Å²) in [5.41, 5.74) is 0. The first kappa shape index (κ1) is 18.9. The van der Waals surface area contributed by atoms with Crippen LogP contribution in [0.3, 0.4) is 0 Å². The van der Waals surface area contributed by atoms with Crippen LogP contribution in [0.15, 0.2) is 0 Å². The van der Waals surface area contributed by atoms with E-state index >= 15 is 0 Å². The zero-order valence-corrected chi connectivity index (χ0v) is 13.5. The standard InChI is InChI=1S/C15H29NO4/c1-6-7-8-14(17)20-13(9-10-16(4)5)11-15(18)19-12(2)3/h12-13H,6-11H2,1-5H3/p+1/t13-/m0/s1. The monoisotopic (exact) mass is 288 g/mol. The van der Waals surface area contributed by atoms with Crippen molar-refractivity contribution in [1.82, 2.24) is 0 Å². The van der Waals surface area contributed by atoms with Crippen LogP contribution in [-0.2, 0) is 19.1 Å². The number of ether oxygens (including phenoxy) is 2. The molecule has 20 heavy (non-hydrogen) atoms. The Morgan fingerprint density at radius 3 is 2.25 bits per heavy atom. The number of hydrogen-bond donors (Lipinski definition) is 1. The maximum absolute atomic E-state index is 11.7. The molecule has 0 aliphatic carbocycles. The summed E-state index contributed by atoms with van der Waals surface area (Å²) < 4.78 is 10.5. The fourth-order valence-corrected chi connectivity index (χ4v) is 1.72. The molecule has 5 nitrogen and oxygen atoms in total. The lowest BCUT2D eigenvalue weighted by Crippen LogP contribution is -3.05. The van der Waals surface area contributed by atoms with E-state index in [2.05, 4.69) is 0 Å². The van der Waals surface area contributed by atoms with Crippen LogP contribution in [0, 0.1) is 0 Å². The molecule has 0 saturated carbocycles. The molecule has 5 heteroatoms. The van der Waals surface area contributed by atoms with Gasteiger partial charge < -0.3 is 14.4 Å². The van der Waals surface area contributed by atoms with Gasteiger partial charge in [-0.3, -0.25) is 9.59 Å². The number of rotatable bonds is 10. The molecule has 1 atom stereocenters. The van der Waals surface area contributed by atoms with Crippen molar-refractivity contribution < 1.29 is 24.0 Å². The Morgan fingerprint density at radius 2 is 1.75 bits per heavy atom. The van der Waals surface area contributed by atoms with Crippen molar-refractivity contribution in [1.29, 1.82) is 0 Å². The first-order valence-electron chi connectivity index (χ1n) is 7.53. The molecule has 0 radical (unpaired) electrons. The molecule has 0 spiro atoms. The first-order valence-corrected chi connectivity index (χ1v) is 7.53. The third kappa shape index (κ3) is 10.8. The largest absolute Gasteiger partial charge is 0.463 e. The van der Waals surface area contributed by atoms with E-state index in [0.29, 0.717) is 12.8 Å². The summed E-state index contributed by atoms with van der Waals surface area (Å²) in [7, 11) is 4.06. The molecule has 118 valence electrons. The summed E-state index contributed by atoms with van der Waals surface area (Å²) in [6.45, 7) is 6.50. The molecular formula is C15H30NO4+. The highest BCUT2D eigenvalue weighted by Gasteiger charge is 2.20. The van der Waals surface area contributed by atoms with Crippen molar-refractivity contribution in [2.24, 2.45) is 0 Å². The molecule has 0 aliphatic heterocycles. The number of hydrogen-bond acceptors (Lipinski definition) is 4. The van der Waals surface area contributed by atoms with Gasteiger partial charge in [0.2, 0.25) is 0 Å². The van der Waals surface area contributed by atoms with Crippen LogP contribution < -0.4 is 4.90 Å². The van der Waals surface area contributed by atoms with Gasteiger partial charge in [0.05, 0.1) is 33.2 Å². The first-order chi connectivity index (χ1) is 9.35. The fourth-order valence-electron chi connectivity index (χ4n) is 1.72. The third-order valence-electron chi connectivity index (χ3n) is 2.76. The predicted octanol–water partition coefficient (Wildman–Crippen LogP) is 0.965. The molecule has 0 amide bonds. The van der Waals surface area contributed by atoms with E-state index in [1.807, 2.05) is 34.9 Å². The van der Waals surface area contributed by atoms with E-state index in [9.17, 15) is 9.59 Å². The molecule has 0 aromatic heterocycles. The van der Waals surface area contributed by atoms with Gasteiger partial charge in [-0.2, -0.15) is 0 Å². The molecule has 0 aromatic rings. The summed E-state index contributed by atoms with van der Waals surface area (Å²) >= 11 is 0. The quantitative estimate of drug-likeness (QED) is 0.609. The van der Waals surface area contributed by atoms with Crippen molar-refractivity contribution in [3.8, 4) is 0 Å². The topological polar surface area (TPSA) is 57.0 Å². The van der Waals surface area contributed by atoms with Crippen LogP contribution >= 0.6 is 0 Å². The average Bonchev–Trinajstić information content (AvgIpc) is 2.32. The smallest absolute Gasteiger partial charge is 0.309 e. The maximum atomic E-state index is 11.7. The highest BCUT2D eigenvalue weighted by molar-refractivity contribution is 5.72. The van der Waals surface area contributed by atoms with Gasteiger partial charge in [0.15, 0.2) is 0 Å². The van der Waals surface area contributed by atoms with Crippen LogP contribution in [0.4, 0.5) is 0 Å². The second-order valence-electron chi connectivity index (χ2n) is 5.70. The minimum absolute atomic E-state index is 0.140. The maximum Gasteiger partial charge on any atom is 0.309 e. The van der Waals surface area contributed by atoms with Crippen molar-refractivity contribution in [2.75, 3.05) is 20.6 Å². The molecule has 0 rings (SSSR count). The molecule has 0 saturated heterocycles. The lowest BCUT2D eigenvalue weighted by atomic mass is 10.1. The molecule has 0 heterocycles. The van der Waals surface area contributed by atoms with Crippen molar-refractivity contribution in [3.63, 3.8) is 0 Å². The zero-order chi connectivity index (χ0) is 15.5. The van der Waals surface area contributed by atoms with Crippen LogP contribution in [-0.4, -0.2) is 44.8 Å².